The number of sulfone groups is 1. The first-order valence-corrected chi connectivity index (χ1v) is 9.41. The Bertz CT molecular complexity index is 886. The van der Waals surface area contributed by atoms with Gasteiger partial charge in [-0.2, -0.15) is 5.26 Å². The standard InChI is InChI=1S/C17H15BrN2O2S/c1-11-2-8-14(9-3-11)23(21,22)16-15(17(16,20)10-19)12-4-6-13(18)7-5-12/h2-9,15-16H,20H2,1H3/t15-,16+,17+/m0/s1. The van der Waals surface area contributed by atoms with Crippen LogP contribution in [0, 0.1) is 18.3 Å². The molecule has 0 spiro atoms. The minimum atomic E-state index is -3.67. The van der Waals surface area contributed by atoms with Crippen LogP contribution in [0.25, 0.3) is 0 Å². The van der Waals surface area contributed by atoms with E-state index in [1.807, 2.05) is 25.1 Å². The molecule has 0 heterocycles. The van der Waals surface area contributed by atoms with Crippen LogP contribution >= 0.6 is 15.9 Å². The summed E-state index contributed by atoms with van der Waals surface area (Å²) in [6, 6.07) is 15.9. The average molecular weight is 391 g/mol. The molecule has 0 aliphatic heterocycles. The molecular formula is C17H15BrN2O2S. The molecule has 4 nitrogen and oxygen atoms in total. The summed E-state index contributed by atoms with van der Waals surface area (Å²) in [6.45, 7) is 1.89. The van der Waals surface area contributed by atoms with Gasteiger partial charge in [0.1, 0.15) is 10.8 Å². The van der Waals surface area contributed by atoms with Crippen molar-refractivity contribution in [1.29, 1.82) is 5.26 Å². The van der Waals surface area contributed by atoms with Gasteiger partial charge in [-0.25, -0.2) is 8.42 Å². The third-order valence-corrected chi connectivity index (χ3v) is 7.07. The lowest BCUT2D eigenvalue weighted by molar-refractivity contribution is 0.592. The summed E-state index contributed by atoms with van der Waals surface area (Å²) in [7, 11) is -3.67. The highest BCUT2D eigenvalue weighted by Gasteiger charge is 2.70. The first-order valence-electron chi connectivity index (χ1n) is 7.07. The minimum absolute atomic E-state index is 0.206. The summed E-state index contributed by atoms with van der Waals surface area (Å²) in [6.07, 6.45) is 0. The number of nitrogens with zero attached hydrogens (tertiary/aromatic N) is 1. The van der Waals surface area contributed by atoms with Gasteiger partial charge in [-0.1, -0.05) is 45.8 Å². The third-order valence-electron chi connectivity index (χ3n) is 4.29. The molecule has 1 aliphatic carbocycles. The van der Waals surface area contributed by atoms with Crippen LogP contribution in [0.15, 0.2) is 57.9 Å². The first-order chi connectivity index (χ1) is 10.8. The Labute approximate surface area is 144 Å². The van der Waals surface area contributed by atoms with Crippen LogP contribution in [-0.4, -0.2) is 19.2 Å². The molecule has 2 N–H and O–H groups in total. The van der Waals surface area contributed by atoms with Crippen LogP contribution < -0.4 is 5.73 Å². The maximum atomic E-state index is 12.9. The van der Waals surface area contributed by atoms with Crippen molar-refractivity contribution in [2.45, 2.75) is 28.5 Å². The van der Waals surface area contributed by atoms with Crippen molar-refractivity contribution in [3.63, 3.8) is 0 Å². The minimum Gasteiger partial charge on any atom is -0.312 e. The van der Waals surface area contributed by atoms with E-state index in [1.54, 1.807) is 36.4 Å². The van der Waals surface area contributed by atoms with Crippen molar-refractivity contribution < 1.29 is 8.42 Å². The molecule has 23 heavy (non-hydrogen) atoms. The SMILES string of the molecule is Cc1ccc(S(=O)(=O)[C@@H]2[C@H](c3ccc(Br)cc3)[C@]2(N)C#N)cc1. The Morgan fingerprint density at radius 2 is 1.70 bits per heavy atom. The van der Waals surface area contributed by atoms with Gasteiger partial charge < -0.3 is 5.73 Å². The molecule has 118 valence electrons. The normalized spacial score (nSPS) is 26.5. The molecule has 0 bridgehead atoms. The number of halogens is 1. The van der Waals surface area contributed by atoms with E-state index in [0.717, 1.165) is 15.6 Å². The van der Waals surface area contributed by atoms with E-state index in [2.05, 4.69) is 15.9 Å². The number of nitrogens with two attached hydrogens (primary N) is 1. The van der Waals surface area contributed by atoms with E-state index in [9.17, 15) is 13.7 Å². The van der Waals surface area contributed by atoms with Gasteiger partial charge in [-0.05, 0) is 36.8 Å². The van der Waals surface area contributed by atoms with Gasteiger partial charge >= 0.3 is 0 Å². The monoisotopic (exact) mass is 390 g/mol. The fraction of sp³-hybridized carbons (Fsp3) is 0.235. The number of hydrogen-bond donors (Lipinski definition) is 1. The Morgan fingerprint density at radius 3 is 2.22 bits per heavy atom. The molecule has 1 aliphatic rings. The molecule has 2 aromatic carbocycles. The lowest BCUT2D eigenvalue weighted by Crippen LogP contribution is -2.29. The molecule has 0 aromatic heterocycles. The summed E-state index contributed by atoms with van der Waals surface area (Å²) in [5.74, 6) is -0.521. The zero-order valence-corrected chi connectivity index (χ0v) is 14.8. The van der Waals surface area contributed by atoms with Crippen LogP contribution in [-0.2, 0) is 9.84 Å². The Hall–Kier alpha value is -1.68. The number of aryl methyl sites for hydroxylation is 1. The van der Waals surface area contributed by atoms with Crippen LogP contribution in [0.3, 0.4) is 0 Å². The second kappa shape index (κ2) is 5.45. The Kier molecular flexibility index (Phi) is 3.83. The third kappa shape index (κ3) is 2.59. The van der Waals surface area contributed by atoms with Crippen molar-refractivity contribution in [3.05, 3.63) is 64.1 Å². The lowest BCUT2D eigenvalue weighted by Gasteiger charge is -2.05. The summed E-state index contributed by atoms with van der Waals surface area (Å²) < 4.78 is 26.7. The molecule has 3 rings (SSSR count). The van der Waals surface area contributed by atoms with Crippen LogP contribution in [0.1, 0.15) is 17.0 Å². The number of benzene rings is 2. The lowest BCUT2D eigenvalue weighted by atomic mass is 10.1. The number of rotatable bonds is 3. The maximum absolute atomic E-state index is 12.9. The highest BCUT2D eigenvalue weighted by atomic mass is 79.9. The fourth-order valence-electron chi connectivity index (χ4n) is 2.94. The van der Waals surface area contributed by atoms with Gasteiger partial charge in [-0.3, -0.25) is 0 Å². The predicted octanol–water partition coefficient (Wildman–Crippen LogP) is 2.92. The molecule has 3 atom stereocenters. The van der Waals surface area contributed by atoms with Crippen molar-refractivity contribution >= 4 is 25.8 Å². The topological polar surface area (TPSA) is 83.9 Å². The van der Waals surface area contributed by atoms with Gasteiger partial charge in [0, 0.05) is 10.4 Å². The van der Waals surface area contributed by atoms with E-state index in [-0.39, 0.29) is 4.90 Å². The molecule has 1 fully saturated rings. The predicted molar refractivity (Wildman–Crippen MR) is 91.6 cm³/mol. The van der Waals surface area contributed by atoms with E-state index in [1.165, 1.54) is 0 Å². The van der Waals surface area contributed by atoms with E-state index in [4.69, 9.17) is 5.73 Å². The van der Waals surface area contributed by atoms with Crippen molar-refractivity contribution in [1.82, 2.24) is 0 Å². The largest absolute Gasteiger partial charge is 0.312 e. The smallest absolute Gasteiger partial charge is 0.184 e. The Balaban J connectivity index is 2.03. The zero-order chi connectivity index (χ0) is 16.8. The fourth-order valence-corrected chi connectivity index (χ4v) is 5.39. The Morgan fingerprint density at radius 1 is 1.13 bits per heavy atom. The van der Waals surface area contributed by atoms with Crippen molar-refractivity contribution in [2.24, 2.45) is 5.73 Å². The second-order valence-corrected chi connectivity index (χ2v) is 8.84. The molecule has 2 aromatic rings. The highest BCUT2D eigenvalue weighted by molar-refractivity contribution is 9.10. The molecule has 1 saturated carbocycles. The number of nitriles is 1. The molecule has 6 heteroatoms. The van der Waals surface area contributed by atoms with E-state index in [0.29, 0.717) is 0 Å². The van der Waals surface area contributed by atoms with E-state index >= 15 is 0 Å². The van der Waals surface area contributed by atoms with Gasteiger partial charge in [0.05, 0.1) is 11.0 Å². The van der Waals surface area contributed by atoms with Gasteiger partial charge in [0.2, 0.25) is 0 Å². The summed E-state index contributed by atoms with van der Waals surface area (Å²) in [4.78, 5) is 0.206. The number of hydrogen-bond acceptors (Lipinski definition) is 4. The van der Waals surface area contributed by atoms with Gasteiger partial charge in [0.25, 0.3) is 0 Å². The zero-order valence-electron chi connectivity index (χ0n) is 12.4. The molecule has 0 saturated heterocycles. The van der Waals surface area contributed by atoms with E-state index < -0.39 is 26.5 Å². The second-order valence-electron chi connectivity index (χ2n) is 5.85. The molecule has 0 amide bonds. The molecule has 0 unspecified atom stereocenters. The quantitative estimate of drug-likeness (QED) is 0.872. The summed E-state index contributed by atoms with van der Waals surface area (Å²) >= 11 is 3.34. The average Bonchev–Trinajstić information content (AvgIpc) is 3.16. The molecule has 0 radical (unpaired) electrons. The van der Waals surface area contributed by atoms with Crippen LogP contribution in [0.4, 0.5) is 0 Å². The van der Waals surface area contributed by atoms with Crippen molar-refractivity contribution in [3.8, 4) is 6.07 Å². The van der Waals surface area contributed by atoms with Crippen LogP contribution in [0.5, 0.6) is 0 Å². The summed E-state index contributed by atoms with van der Waals surface area (Å²) in [5.41, 5.74) is 6.45. The highest BCUT2D eigenvalue weighted by Crippen LogP contribution is 2.55. The van der Waals surface area contributed by atoms with Crippen molar-refractivity contribution in [2.75, 3.05) is 0 Å². The summed E-state index contributed by atoms with van der Waals surface area (Å²) in [5, 5.41) is 8.50. The van der Waals surface area contributed by atoms with Gasteiger partial charge in [0.15, 0.2) is 9.84 Å². The van der Waals surface area contributed by atoms with Crippen LogP contribution in [0.2, 0.25) is 0 Å². The first kappa shape index (κ1) is 16.2. The van der Waals surface area contributed by atoms with Gasteiger partial charge in [-0.15, -0.1) is 0 Å². The maximum Gasteiger partial charge on any atom is 0.184 e. The molecular weight excluding hydrogens is 376 g/mol.